The van der Waals surface area contributed by atoms with Crippen molar-refractivity contribution >= 4 is 49.6 Å². The molecule has 0 radical (unpaired) electrons. The summed E-state index contributed by atoms with van der Waals surface area (Å²) in [6, 6.07) is 62.3. The maximum atomic E-state index is 5.45. The number of fused-ring (bicyclic) bond motifs is 7. The number of nitrogens with zero attached hydrogens (tertiary/aromatic N) is 4. The lowest BCUT2D eigenvalue weighted by Gasteiger charge is -2.14. The molecule has 2 heterocycles. The van der Waals surface area contributed by atoms with Gasteiger partial charge in [0.05, 0.1) is 17.6 Å². The average Bonchev–Trinajstić information content (AvgIpc) is 3.65. The normalized spacial score (nSPS) is 11.7. The van der Waals surface area contributed by atoms with E-state index in [9.17, 15) is 0 Å². The number of pyridine rings is 1. The number of hydrogen-bond donors (Lipinski definition) is 0. The molecule has 10 rings (SSSR count). The highest BCUT2D eigenvalue weighted by Gasteiger charge is 2.21. The first-order valence-corrected chi connectivity index (χ1v) is 18.3. The molecule has 0 aliphatic carbocycles. The van der Waals surface area contributed by atoms with Crippen molar-refractivity contribution in [1.82, 2.24) is 14.5 Å². The summed E-state index contributed by atoms with van der Waals surface area (Å²) in [6.45, 7) is 0.642. The molecule has 0 aliphatic heterocycles. The Kier molecular flexibility index (Phi) is 7.85. The molecule has 0 fully saturated rings. The van der Waals surface area contributed by atoms with Crippen LogP contribution in [0, 0.1) is 0 Å². The van der Waals surface area contributed by atoms with E-state index < -0.39 is 0 Å². The number of imidazole rings is 1. The molecular formula is C50H34N4. The third-order valence-electron chi connectivity index (χ3n) is 10.4. The first-order chi connectivity index (χ1) is 26.8. The van der Waals surface area contributed by atoms with Crippen LogP contribution in [0.15, 0.2) is 193 Å². The van der Waals surface area contributed by atoms with E-state index in [1.807, 2.05) is 24.7 Å². The Morgan fingerprint density at radius 3 is 1.89 bits per heavy atom. The van der Waals surface area contributed by atoms with Crippen molar-refractivity contribution in [2.75, 3.05) is 0 Å². The van der Waals surface area contributed by atoms with Crippen LogP contribution in [0.1, 0.15) is 11.1 Å². The molecule has 8 aromatic carbocycles. The van der Waals surface area contributed by atoms with E-state index >= 15 is 0 Å². The van der Waals surface area contributed by atoms with Crippen LogP contribution in [-0.2, 0) is 6.54 Å². The smallest absolute Gasteiger partial charge is 0.146 e. The molecule has 254 valence electrons. The van der Waals surface area contributed by atoms with Crippen LogP contribution < -0.4 is 0 Å². The van der Waals surface area contributed by atoms with Crippen LogP contribution in [0.3, 0.4) is 0 Å². The molecule has 0 amide bonds. The third kappa shape index (κ3) is 5.62. The van der Waals surface area contributed by atoms with Gasteiger partial charge in [0.2, 0.25) is 0 Å². The minimum atomic E-state index is 0.642. The van der Waals surface area contributed by atoms with E-state index in [0.29, 0.717) is 6.54 Å². The standard InChI is InChI=1S/C50H34N4/c1-2-9-36(10-3-1)37-21-17-34(18-22-37)31-52-32-35-19-23-38(24-20-35)39-25-27-41(28-26-39)54-49-45-15-7-6-14-43(45)44-29-30-51-33-47(44)48(49)53-50(54)46-16-8-12-40-11-4-5-13-42(40)46/h1-30,32-33H,31H2. The fourth-order valence-corrected chi connectivity index (χ4v) is 7.71. The van der Waals surface area contributed by atoms with Crippen LogP contribution in [0.2, 0.25) is 0 Å². The Morgan fingerprint density at radius 2 is 1.11 bits per heavy atom. The van der Waals surface area contributed by atoms with Crippen molar-refractivity contribution < 1.29 is 0 Å². The third-order valence-corrected chi connectivity index (χ3v) is 10.4. The molecule has 2 aromatic heterocycles. The molecule has 0 unspecified atom stereocenters. The van der Waals surface area contributed by atoms with Gasteiger partial charge < -0.3 is 0 Å². The van der Waals surface area contributed by atoms with Gasteiger partial charge in [-0.1, -0.05) is 158 Å². The van der Waals surface area contributed by atoms with E-state index in [1.54, 1.807) is 0 Å². The fourth-order valence-electron chi connectivity index (χ4n) is 7.71. The number of rotatable bonds is 7. The number of hydrogen-bond acceptors (Lipinski definition) is 3. The van der Waals surface area contributed by atoms with Crippen LogP contribution in [0.25, 0.3) is 82.7 Å². The van der Waals surface area contributed by atoms with E-state index in [1.165, 1.54) is 32.8 Å². The van der Waals surface area contributed by atoms with Gasteiger partial charge in [-0.25, -0.2) is 4.98 Å². The molecule has 4 nitrogen and oxygen atoms in total. The van der Waals surface area contributed by atoms with Crippen molar-refractivity contribution in [3.05, 3.63) is 199 Å². The van der Waals surface area contributed by atoms with E-state index in [4.69, 9.17) is 9.98 Å². The van der Waals surface area contributed by atoms with Gasteiger partial charge in [0.1, 0.15) is 5.82 Å². The molecular weight excluding hydrogens is 657 g/mol. The van der Waals surface area contributed by atoms with Gasteiger partial charge in [0.15, 0.2) is 0 Å². The second kappa shape index (κ2) is 13.4. The predicted molar refractivity (Wildman–Crippen MR) is 225 cm³/mol. The first-order valence-electron chi connectivity index (χ1n) is 18.3. The number of aromatic nitrogens is 3. The lowest BCUT2D eigenvalue weighted by Crippen LogP contribution is -1.99. The lowest BCUT2D eigenvalue weighted by atomic mass is 10.0. The summed E-state index contributed by atoms with van der Waals surface area (Å²) in [5, 5.41) is 6.91. The lowest BCUT2D eigenvalue weighted by molar-refractivity contribution is 1.08. The van der Waals surface area contributed by atoms with Gasteiger partial charge in [-0.2, -0.15) is 0 Å². The summed E-state index contributed by atoms with van der Waals surface area (Å²) < 4.78 is 2.34. The molecule has 0 saturated carbocycles. The highest BCUT2D eigenvalue weighted by Crippen LogP contribution is 2.40. The minimum absolute atomic E-state index is 0.642. The van der Waals surface area contributed by atoms with Gasteiger partial charge in [0, 0.05) is 40.6 Å². The molecule has 10 aromatic rings. The molecule has 0 spiro atoms. The van der Waals surface area contributed by atoms with Gasteiger partial charge in [-0.15, -0.1) is 0 Å². The van der Waals surface area contributed by atoms with Crippen LogP contribution in [-0.4, -0.2) is 20.7 Å². The second-order valence-corrected chi connectivity index (χ2v) is 13.7. The van der Waals surface area contributed by atoms with E-state index in [0.717, 1.165) is 61.0 Å². The van der Waals surface area contributed by atoms with Crippen LogP contribution in [0.5, 0.6) is 0 Å². The molecule has 0 N–H and O–H groups in total. The Labute approximate surface area is 313 Å². The maximum Gasteiger partial charge on any atom is 0.146 e. The number of benzene rings is 8. The molecule has 0 atom stereocenters. The zero-order chi connectivity index (χ0) is 35.8. The Balaban J connectivity index is 0.995. The van der Waals surface area contributed by atoms with Gasteiger partial charge in [-0.3, -0.25) is 14.5 Å². The molecule has 0 saturated heterocycles. The summed E-state index contributed by atoms with van der Waals surface area (Å²) in [7, 11) is 0. The molecule has 4 heteroatoms. The molecule has 54 heavy (non-hydrogen) atoms. The SMILES string of the molecule is C(=NCc1ccc(-c2ccccc2)cc1)c1ccc(-c2ccc(-n3c(-c4cccc5ccccc45)nc4c5cnccc5c5ccccc5c43)cc2)cc1. The Bertz CT molecular complexity index is 2970. The number of aliphatic imine (C=N–C) groups is 1. The largest absolute Gasteiger partial charge is 0.292 e. The highest BCUT2D eigenvalue weighted by atomic mass is 15.1. The van der Waals surface area contributed by atoms with Crippen molar-refractivity contribution in [3.8, 4) is 39.3 Å². The van der Waals surface area contributed by atoms with E-state index in [2.05, 4.69) is 179 Å². The van der Waals surface area contributed by atoms with Crippen molar-refractivity contribution in [2.45, 2.75) is 6.54 Å². The monoisotopic (exact) mass is 690 g/mol. The zero-order valence-electron chi connectivity index (χ0n) is 29.5. The summed E-state index contributed by atoms with van der Waals surface area (Å²) in [5.41, 5.74) is 11.2. The summed E-state index contributed by atoms with van der Waals surface area (Å²) in [4.78, 5) is 14.7. The zero-order valence-corrected chi connectivity index (χ0v) is 29.5. The quantitative estimate of drug-likeness (QED) is 0.123. The second-order valence-electron chi connectivity index (χ2n) is 13.7. The van der Waals surface area contributed by atoms with Crippen molar-refractivity contribution in [3.63, 3.8) is 0 Å². The summed E-state index contributed by atoms with van der Waals surface area (Å²) in [5.74, 6) is 0.909. The maximum absolute atomic E-state index is 5.45. The molecule has 0 bridgehead atoms. The Hall–Kier alpha value is -7.17. The Morgan fingerprint density at radius 1 is 0.500 bits per heavy atom. The van der Waals surface area contributed by atoms with Crippen LogP contribution >= 0.6 is 0 Å². The van der Waals surface area contributed by atoms with Gasteiger partial charge in [0.25, 0.3) is 0 Å². The highest BCUT2D eigenvalue weighted by molar-refractivity contribution is 6.24. The van der Waals surface area contributed by atoms with E-state index in [-0.39, 0.29) is 0 Å². The fraction of sp³-hybridized carbons (Fsp3) is 0.0200. The minimum Gasteiger partial charge on any atom is -0.292 e. The van der Waals surface area contributed by atoms with Crippen molar-refractivity contribution in [2.24, 2.45) is 4.99 Å². The van der Waals surface area contributed by atoms with Gasteiger partial charge in [-0.05, 0) is 73.1 Å². The van der Waals surface area contributed by atoms with Gasteiger partial charge >= 0.3 is 0 Å². The predicted octanol–water partition coefficient (Wildman–Crippen LogP) is 12.5. The topological polar surface area (TPSA) is 43.1 Å². The molecule has 0 aliphatic rings. The summed E-state index contributed by atoms with van der Waals surface area (Å²) in [6.07, 6.45) is 5.78. The first kappa shape index (κ1) is 31.6. The average molecular weight is 691 g/mol. The van der Waals surface area contributed by atoms with Crippen LogP contribution in [0.4, 0.5) is 0 Å². The summed E-state index contributed by atoms with van der Waals surface area (Å²) >= 11 is 0. The van der Waals surface area contributed by atoms with Crippen molar-refractivity contribution in [1.29, 1.82) is 0 Å².